The molecule has 2 rings (SSSR count). The van der Waals surface area contributed by atoms with Gasteiger partial charge in [0, 0.05) is 17.5 Å². The zero-order chi connectivity index (χ0) is 16.2. The van der Waals surface area contributed by atoms with E-state index in [1.54, 1.807) is 12.1 Å². The molecule has 5 nitrogen and oxygen atoms in total. The highest BCUT2D eigenvalue weighted by Crippen LogP contribution is 2.37. The van der Waals surface area contributed by atoms with E-state index in [2.05, 4.69) is 10.6 Å². The van der Waals surface area contributed by atoms with Crippen molar-refractivity contribution in [2.24, 2.45) is 5.41 Å². The molecule has 1 aromatic rings. The van der Waals surface area contributed by atoms with Crippen LogP contribution in [0.25, 0.3) is 0 Å². The van der Waals surface area contributed by atoms with E-state index in [9.17, 15) is 15.0 Å². The number of aliphatic hydroxyl groups is 1. The van der Waals surface area contributed by atoms with Crippen LogP contribution in [0.1, 0.15) is 38.7 Å². The van der Waals surface area contributed by atoms with Crippen LogP contribution < -0.4 is 10.6 Å². The first-order valence-corrected chi connectivity index (χ1v) is 7.89. The van der Waals surface area contributed by atoms with Crippen molar-refractivity contribution in [1.82, 2.24) is 10.6 Å². The normalized spacial score (nSPS) is 25.7. The maximum atomic E-state index is 12.1. The van der Waals surface area contributed by atoms with E-state index in [-0.39, 0.29) is 35.9 Å². The molecular formula is C17H26N2O3. The molecule has 3 unspecified atom stereocenters. The smallest absolute Gasteiger partial charge is 0.315 e. The van der Waals surface area contributed by atoms with Crippen LogP contribution in [0.2, 0.25) is 0 Å². The molecule has 0 heterocycles. The molecule has 1 aliphatic rings. The average molecular weight is 306 g/mol. The predicted octanol–water partition coefficient (Wildman–Crippen LogP) is 2.17. The van der Waals surface area contributed by atoms with Crippen molar-refractivity contribution in [3.63, 3.8) is 0 Å². The maximum Gasteiger partial charge on any atom is 0.315 e. The van der Waals surface area contributed by atoms with E-state index >= 15 is 0 Å². The molecule has 5 heteroatoms. The van der Waals surface area contributed by atoms with Gasteiger partial charge in [-0.1, -0.05) is 25.5 Å². The van der Waals surface area contributed by atoms with Crippen molar-refractivity contribution in [2.45, 2.75) is 51.6 Å². The molecule has 122 valence electrons. The first kappa shape index (κ1) is 16.6. The Labute approximate surface area is 131 Å². The van der Waals surface area contributed by atoms with Crippen molar-refractivity contribution in [3.8, 4) is 5.75 Å². The van der Waals surface area contributed by atoms with E-state index in [0.717, 1.165) is 24.8 Å². The Kier molecular flexibility index (Phi) is 5.29. The van der Waals surface area contributed by atoms with Gasteiger partial charge in [-0.2, -0.15) is 0 Å². The Morgan fingerprint density at radius 1 is 1.41 bits per heavy atom. The van der Waals surface area contributed by atoms with E-state index in [4.69, 9.17) is 0 Å². The van der Waals surface area contributed by atoms with Crippen molar-refractivity contribution >= 4 is 6.03 Å². The molecule has 1 saturated carbocycles. The number of phenolic OH excluding ortho intramolecular Hbond substituents is 1. The Bertz CT molecular complexity index is 503. The number of carbonyl (C=O) groups excluding carboxylic acids is 1. The van der Waals surface area contributed by atoms with Gasteiger partial charge in [-0.15, -0.1) is 0 Å². The third-order valence-electron chi connectivity index (χ3n) is 4.60. The second-order valence-corrected chi connectivity index (χ2v) is 6.65. The van der Waals surface area contributed by atoms with E-state index in [0.29, 0.717) is 6.42 Å². The second-order valence-electron chi connectivity index (χ2n) is 6.65. The first-order chi connectivity index (χ1) is 10.4. The van der Waals surface area contributed by atoms with Crippen LogP contribution in [0.5, 0.6) is 5.75 Å². The minimum Gasteiger partial charge on any atom is -0.508 e. The summed E-state index contributed by atoms with van der Waals surface area (Å²) >= 11 is 0. The van der Waals surface area contributed by atoms with E-state index in [1.807, 2.05) is 26.0 Å². The lowest BCUT2D eigenvalue weighted by Gasteiger charge is -2.30. The van der Waals surface area contributed by atoms with Crippen LogP contribution in [-0.4, -0.2) is 34.9 Å². The summed E-state index contributed by atoms with van der Waals surface area (Å²) < 4.78 is 0. The minimum absolute atomic E-state index is 0.00803. The average Bonchev–Trinajstić information content (AvgIpc) is 2.83. The minimum atomic E-state index is -0.211. The molecule has 0 aromatic heterocycles. The van der Waals surface area contributed by atoms with Gasteiger partial charge in [0.25, 0.3) is 0 Å². The number of hydrogen-bond donors (Lipinski definition) is 4. The summed E-state index contributed by atoms with van der Waals surface area (Å²) in [5.41, 5.74) is 0.851. The number of urea groups is 1. The van der Waals surface area contributed by atoms with Gasteiger partial charge in [-0.25, -0.2) is 4.79 Å². The summed E-state index contributed by atoms with van der Waals surface area (Å²) in [7, 11) is 0. The highest BCUT2D eigenvalue weighted by Gasteiger charge is 2.39. The lowest BCUT2D eigenvalue weighted by molar-refractivity contribution is 0.121. The number of aliphatic hydroxyl groups excluding tert-OH is 1. The molecule has 1 fully saturated rings. The van der Waals surface area contributed by atoms with Gasteiger partial charge in [0.2, 0.25) is 0 Å². The molecule has 2 amide bonds. The van der Waals surface area contributed by atoms with Gasteiger partial charge in [-0.3, -0.25) is 0 Å². The summed E-state index contributed by atoms with van der Waals surface area (Å²) in [5, 5.41) is 24.7. The largest absolute Gasteiger partial charge is 0.508 e. The summed E-state index contributed by atoms with van der Waals surface area (Å²) in [6.45, 7) is 4.07. The van der Waals surface area contributed by atoms with Crippen molar-refractivity contribution in [1.29, 1.82) is 0 Å². The SMILES string of the molecule is CC(Cc1ccc(O)cc1)NC(=O)NC1CCCC1(C)CO. The molecule has 0 aliphatic heterocycles. The van der Waals surface area contributed by atoms with Crippen LogP contribution in [0.3, 0.4) is 0 Å². The Hall–Kier alpha value is -1.75. The van der Waals surface area contributed by atoms with Gasteiger partial charge in [-0.05, 0) is 43.9 Å². The summed E-state index contributed by atoms with van der Waals surface area (Å²) in [6, 6.07) is 6.83. The molecule has 3 atom stereocenters. The van der Waals surface area contributed by atoms with Crippen molar-refractivity contribution < 1.29 is 15.0 Å². The summed E-state index contributed by atoms with van der Waals surface area (Å²) in [5.74, 6) is 0.242. The van der Waals surface area contributed by atoms with Gasteiger partial charge < -0.3 is 20.8 Å². The Balaban J connectivity index is 1.82. The highest BCUT2D eigenvalue weighted by molar-refractivity contribution is 5.74. The van der Waals surface area contributed by atoms with Crippen LogP contribution in [-0.2, 0) is 6.42 Å². The molecule has 22 heavy (non-hydrogen) atoms. The molecule has 4 N–H and O–H groups in total. The highest BCUT2D eigenvalue weighted by atomic mass is 16.3. The van der Waals surface area contributed by atoms with Crippen LogP contribution in [0.4, 0.5) is 4.79 Å². The number of phenols is 1. The number of nitrogens with one attached hydrogen (secondary N) is 2. The van der Waals surface area contributed by atoms with Crippen LogP contribution >= 0.6 is 0 Å². The molecular weight excluding hydrogens is 280 g/mol. The Morgan fingerprint density at radius 3 is 2.73 bits per heavy atom. The van der Waals surface area contributed by atoms with Gasteiger partial charge in [0.1, 0.15) is 5.75 Å². The number of amides is 2. The topological polar surface area (TPSA) is 81.6 Å². The monoisotopic (exact) mass is 306 g/mol. The number of hydrogen-bond acceptors (Lipinski definition) is 3. The van der Waals surface area contributed by atoms with Gasteiger partial charge in [0.05, 0.1) is 6.61 Å². The number of rotatable bonds is 5. The van der Waals surface area contributed by atoms with Crippen molar-refractivity contribution in [2.75, 3.05) is 6.61 Å². The molecule has 0 radical (unpaired) electrons. The lowest BCUT2D eigenvalue weighted by atomic mass is 9.86. The summed E-state index contributed by atoms with van der Waals surface area (Å²) in [6.07, 6.45) is 3.59. The summed E-state index contributed by atoms with van der Waals surface area (Å²) in [4.78, 5) is 12.1. The molecule has 0 spiro atoms. The second kappa shape index (κ2) is 7.01. The predicted molar refractivity (Wildman–Crippen MR) is 85.8 cm³/mol. The zero-order valence-corrected chi connectivity index (χ0v) is 13.3. The number of aromatic hydroxyl groups is 1. The number of benzene rings is 1. The standard InChI is InChI=1S/C17H26N2O3/c1-12(10-13-5-7-14(21)8-6-13)18-16(22)19-15-4-3-9-17(15,2)11-20/h5-8,12,15,20-21H,3-4,9-11H2,1-2H3,(H2,18,19,22). The fourth-order valence-electron chi connectivity index (χ4n) is 3.13. The Morgan fingerprint density at radius 2 is 2.09 bits per heavy atom. The first-order valence-electron chi connectivity index (χ1n) is 7.89. The molecule has 0 saturated heterocycles. The third kappa shape index (κ3) is 4.13. The van der Waals surface area contributed by atoms with Gasteiger partial charge >= 0.3 is 6.03 Å². The molecule has 1 aliphatic carbocycles. The van der Waals surface area contributed by atoms with E-state index < -0.39 is 0 Å². The van der Waals surface area contributed by atoms with Gasteiger partial charge in [0.15, 0.2) is 0 Å². The lowest BCUT2D eigenvalue weighted by Crippen LogP contribution is -2.50. The number of carbonyl (C=O) groups is 1. The van der Waals surface area contributed by atoms with Crippen molar-refractivity contribution in [3.05, 3.63) is 29.8 Å². The fourth-order valence-corrected chi connectivity index (χ4v) is 3.13. The molecule has 1 aromatic carbocycles. The zero-order valence-electron chi connectivity index (χ0n) is 13.3. The molecule has 0 bridgehead atoms. The maximum absolute atomic E-state index is 12.1. The van der Waals surface area contributed by atoms with Crippen LogP contribution in [0.15, 0.2) is 24.3 Å². The fraction of sp³-hybridized carbons (Fsp3) is 0.588. The quantitative estimate of drug-likeness (QED) is 0.673. The van der Waals surface area contributed by atoms with E-state index in [1.165, 1.54) is 0 Å². The third-order valence-corrected chi connectivity index (χ3v) is 4.60. The van der Waals surface area contributed by atoms with Crippen LogP contribution in [0, 0.1) is 5.41 Å².